The fourth-order valence-electron chi connectivity index (χ4n) is 3.33. The highest BCUT2D eigenvalue weighted by atomic mass is 16.2. The van der Waals surface area contributed by atoms with Crippen LogP contribution in [0.1, 0.15) is 24.0 Å². The predicted octanol–water partition coefficient (Wildman–Crippen LogP) is 2.00. The zero-order chi connectivity index (χ0) is 19.2. The Kier molecular flexibility index (Phi) is 6.06. The second-order valence-corrected chi connectivity index (χ2v) is 7.04. The summed E-state index contributed by atoms with van der Waals surface area (Å²) in [6, 6.07) is 13.1. The van der Waals surface area contributed by atoms with E-state index in [1.165, 1.54) is 0 Å². The lowest BCUT2D eigenvalue weighted by molar-refractivity contribution is -0.138. The monoisotopic (exact) mass is 366 g/mol. The molecule has 2 amide bonds. The molecular weight excluding hydrogens is 340 g/mol. The molecule has 6 heteroatoms. The molecule has 1 N–H and O–H groups in total. The number of carbonyl (C=O) groups excluding carboxylic acids is 2. The van der Waals surface area contributed by atoms with Crippen LogP contribution in [0, 0.1) is 0 Å². The van der Waals surface area contributed by atoms with Gasteiger partial charge in [-0.25, -0.2) is 4.98 Å². The highest BCUT2D eigenvalue weighted by molar-refractivity contribution is 5.89. The second kappa shape index (κ2) is 8.66. The molecule has 3 rings (SSSR count). The van der Waals surface area contributed by atoms with Crippen LogP contribution in [0.3, 0.4) is 0 Å². The Labute approximate surface area is 160 Å². The molecule has 2 aromatic rings. The smallest absolute Gasteiger partial charge is 0.243 e. The van der Waals surface area contributed by atoms with Crippen molar-refractivity contribution in [2.45, 2.75) is 31.8 Å². The molecule has 0 bridgehead atoms. The van der Waals surface area contributed by atoms with Crippen LogP contribution in [0.15, 0.2) is 48.7 Å². The lowest BCUT2D eigenvalue weighted by Gasteiger charge is -2.24. The number of anilines is 1. The molecule has 1 aromatic carbocycles. The maximum atomic E-state index is 12.7. The first-order valence-electron chi connectivity index (χ1n) is 9.28. The predicted molar refractivity (Wildman–Crippen MR) is 105 cm³/mol. The van der Waals surface area contributed by atoms with Crippen LogP contribution >= 0.6 is 0 Å². The van der Waals surface area contributed by atoms with Crippen LogP contribution in [-0.2, 0) is 22.6 Å². The summed E-state index contributed by atoms with van der Waals surface area (Å²) in [5, 5.41) is 2.98. The molecule has 1 fully saturated rings. The van der Waals surface area contributed by atoms with Gasteiger partial charge in [-0.05, 0) is 36.1 Å². The van der Waals surface area contributed by atoms with E-state index in [2.05, 4.69) is 10.3 Å². The van der Waals surface area contributed by atoms with E-state index < -0.39 is 0 Å². The third kappa shape index (κ3) is 4.84. The van der Waals surface area contributed by atoms with Gasteiger partial charge in [0.2, 0.25) is 11.8 Å². The summed E-state index contributed by atoms with van der Waals surface area (Å²) >= 11 is 0. The summed E-state index contributed by atoms with van der Waals surface area (Å²) < 4.78 is 0. The van der Waals surface area contributed by atoms with E-state index in [-0.39, 0.29) is 17.9 Å². The fourth-order valence-corrected chi connectivity index (χ4v) is 3.33. The first-order chi connectivity index (χ1) is 13.0. The van der Waals surface area contributed by atoms with Crippen LogP contribution < -0.4 is 10.2 Å². The van der Waals surface area contributed by atoms with Crippen LogP contribution in [0.2, 0.25) is 0 Å². The van der Waals surface area contributed by atoms with E-state index >= 15 is 0 Å². The number of aromatic nitrogens is 1. The van der Waals surface area contributed by atoms with E-state index in [4.69, 9.17) is 0 Å². The summed E-state index contributed by atoms with van der Waals surface area (Å²) in [5.74, 6) is 0.775. The van der Waals surface area contributed by atoms with Crippen molar-refractivity contribution in [2.75, 3.05) is 25.5 Å². The van der Waals surface area contributed by atoms with Gasteiger partial charge in [-0.3, -0.25) is 9.59 Å². The van der Waals surface area contributed by atoms with Crippen molar-refractivity contribution in [1.82, 2.24) is 15.2 Å². The van der Waals surface area contributed by atoms with Gasteiger partial charge in [0.15, 0.2) is 0 Å². The van der Waals surface area contributed by atoms with Crippen molar-refractivity contribution in [2.24, 2.45) is 0 Å². The van der Waals surface area contributed by atoms with Gasteiger partial charge in [-0.1, -0.05) is 30.3 Å². The van der Waals surface area contributed by atoms with Crippen molar-refractivity contribution in [3.05, 3.63) is 59.8 Å². The topological polar surface area (TPSA) is 65.5 Å². The number of hydrogen-bond donors (Lipinski definition) is 1. The number of hydrogen-bond acceptors (Lipinski definition) is 4. The summed E-state index contributed by atoms with van der Waals surface area (Å²) in [6.07, 6.45) is 3.65. The molecule has 1 aromatic heterocycles. The molecule has 1 aliphatic rings. The Bertz CT molecular complexity index is 792. The minimum atomic E-state index is -0.378. The first-order valence-corrected chi connectivity index (χ1v) is 9.28. The molecule has 0 saturated carbocycles. The van der Waals surface area contributed by atoms with Crippen molar-refractivity contribution in [3.63, 3.8) is 0 Å². The van der Waals surface area contributed by atoms with E-state index in [1.54, 1.807) is 11.1 Å². The molecular formula is C21H26N4O2. The van der Waals surface area contributed by atoms with Crippen LogP contribution in [0.25, 0.3) is 0 Å². The maximum absolute atomic E-state index is 12.7. The van der Waals surface area contributed by atoms with Crippen molar-refractivity contribution in [1.29, 1.82) is 0 Å². The maximum Gasteiger partial charge on any atom is 0.243 e. The average Bonchev–Trinajstić information content (AvgIpc) is 3.17. The van der Waals surface area contributed by atoms with Gasteiger partial charge in [-0.2, -0.15) is 0 Å². The van der Waals surface area contributed by atoms with Gasteiger partial charge < -0.3 is 15.1 Å². The lowest BCUT2D eigenvalue weighted by Crippen LogP contribution is -2.46. The summed E-state index contributed by atoms with van der Waals surface area (Å²) in [6.45, 7) is 1.07. The number of nitrogens with zero attached hydrogens (tertiary/aromatic N) is 3. The number of nitrogens with one attached hydrogen (secondary N) is 1. The van der Waals surface area contributed by atoms with Crippen molar-refractivity contribution in [3.8, 4) is 0 Å². The minimum absolute atomic E-state index is 0.0117. The quantitative estimate of drug-likeness (QED) is 0.849. The zero-order valence-corrected chi connectivity index (χ0v) is 15.9. The number of amides is 2. The molecule has 1 aliphatic heterocycles. The van der Waals surface area contributed by atoms with E-state index in [9.17, 15) is 9.59 Å². The Hall–Kier alpha value is -2.89. The van der Waals surface area contributed by atoms with Crippen molar-refractivity contribution < 1.29 is 9.59 Å². The fraction of sp³-hybridized carbons (Fsp3) is 0.381. The molecule has 0 radical (unpaired) electrons. The second-order valence-electron chi connectivity index (χ2n) is 7.04. The molecule has 2 heterocycles. The molecule has 27 heavy (non-hydrogen) atoms. The van der Waals surface area contributed by atoms with E-state index in [0.29, 0.717) is 25.9 Å². The molecule has 0 aliphatic carbocycles. The summed E-state index contributed by atoms with van der Waals surface area (Å²) in [5.41, 5.74) is 1.96. The Balaban J connectivity index is 1.58. The van der Waals surface area contributed by atoms with Gasteiger partial charge in [0.1, 0.15) is 11.9 Å². The number of pyridine rings is 1. The third-order valence-electron chi connectivity index (χ3n) is 4.81. The standard InChI is InChI=1S/C21H26N4O2/c1-24(2)19-13-17(10-11-22-19)15-23-21(27)18-9-6-12-25(18)20(26)14-16-7-4-3-5-8-16/h3-5,7-8,10-11,13,18H,6,9,12,14-15H2,1-2H3,(H,23,27). The Morgan fingerprint density at radius 3 is 2.70 bits per heavy atom. The van der Waals surface area contributed by atoms with E-state index in [1.807, 2.05) is 61.5 Å². The highest BCUT2D eigenvalue weighted by Crippen LogP contribution is 2.19. The summed E-state index contributed by atoms with van der Waals surface area (Å²) in [7, 11) is 3.86. The number of likely N-dealkylation sites (tertiary alicyclic amines) is 1. The largest absolute Gasteiger partial charge is 0.363 e. The Morgan fingerprint density at radius 1 is 1.19 bits per heavy atom. The highest BCUT2D eigenvalue weighted by Gasteiger charge is 2.33. The number of carbonyl (C=O) groups is 2. The molecule has 142 valence electrons. The molecule has 1 atom stereocenters. The normalized spacial score (nSPS) is 16.2. The van der Waals surface area contributed by atoms with Gasteiger partial charge in [0.25, 0.3) is 0 Å². The first kappa shape index (κ1) is 18.9. The number of benzene rings is 1. The van der Waals surface area contributed by atoms with Crippen LogP contribution in [-0.4, -0.2) is 48.4 Å². The molecule has 1 saturated heterocycles. The van der Waals surface area contributed by atoms with E-state index in [0.717, 1.165) is 23.4 Å². The third-order valence-corrected chi connectivity index (χ3v) is 4.81. The molecule has 0 spiro atoms. The average molecular weight is 366 g/mol. The number of rotatable bonds is 6. The van der Waals surface area contributed by atoms with Gasteiger partial charge in [-0.15, -0.1) is 0 Å². The van der Waals surface area contributed by atoms with Gasteiger partial charge >= 0.3 is 0 Å². The van der Waals surface area contributed by atoms with Gasteiger partial charge in [0.05, 0.1) is 6.42 Å². The molecule has 6 nitrogen and oxygen atoms in total. The van der Waals surface area contributed by atoms with Crippen LogP contribution in [0.5, 0.6) is 0 Å². The lowest BCUT2D eigenvalue weighted by atomic mass is 10.1. The van der Waals surface area contributed by atoms with Crippen LogP contribution in [0.4, 0.5) is 5.82 Å². The zero-order valence-electron chi connectivity index (χ0n) is 15.9. The molecule has 1 unspecified atom stereocenters. The van der Waals surface area contributed by atoms with Crippen molar-refractivity contribution >= 4 is 17.6 Å². The summed E-state index contributed by atoms with van der Waals surface area (Å²) in [4.78, 5) is 33.3. The minimum Gasteiger partial charge on any atom is -0.363 e. The Morgan fingerprint density at radius 2 is 1.96 bits per heavy atom. The van der Waals surface area contributed by atoms with Gasteiger partial charge in [0, 0.05) is 33.4 Å². The SMILES string of the molecule is CN(C)c1cc(CNC(=O)C2CCCN2C(=O)Cc2ccccc2)ccn1.